The Morgan fingerprint density at radius 1 is 1.24 bits per heavy atom. The van der Waals surface area contributed by atoms with E-state index in [0.29, 0.717) is 5.92 Å². The van der Waals surface area contributed by atoms with E-state index in [1.165, 1.54) is 5.56 Å². The van der Waals surface area contributed by atoms with Gasteiger partial charge in [-0.05, 0) is 51.2 Å². The second kappa shape index (κ2) is 11.6. The standard InChI is InChI=1S/C22H34N4O2.HI/c1-15(2)25-21(27)16-7-6-8-18(13-16)26-22(23-3)24-14-17-11-12-28-20-10-5-4-9-19(17)20;/h4-5,9-10,15-18H,6-8,11-14H2,1-3H3,(H,25,27)(H2,23,24,26);1H. The van der Waals surface area contributed by atoms with Crippen LogP contribution < -0.4 is 20.7 Å². The zero-order chi connectivity index (χ0) is 19.9. The first kappa shape index (κ1) is 23.8. The summed E-state index contributed by atoms with van der Waals surface area (Å²) in [6.07, 6.45) is 4.98. The maximum atomic E-state index is 12.4. The predicted molar refractivity (Wildman–Crippen MR) is 128 cm³/mol. The number of ether oxygens (including phenoxy) is 1. The first-order valence-corrected chi connectivity index (χ1v) is 10.6. The molecule has 6 nitrogen and oxygen atoms in total. The van der Waals surface area contributed by atoms with Gasteiger partial charge in [-0.2, -0.15) is 0 Å². The van der Waals surface area contributed by atoms with Gasteiger partial charge in [-0.3, -0.25) is 9.79 Å². The fourth-order valence-electron chi connectivity index (χ4n) is 4.20. The molecule has 0 aromatic heterocycles. The summed E-state index contributed by atoms with van der Waals surface area (Å²) in [7, 11) is 1.80. The number of hydrogen-bond donors (Lipinski definition) is 3. The van der Waals surface area contributed by atoms with Crippen molar-refractivity contribution in [3.63, 3.8) is 0 Å². The molecule has 1 heterocycles. The van der Waals surface area contributed by atoms with Gasteiger partial charge in [-0.15, -0.1) is 24.0 Å². The van der Waals surface area contributed by atoms with Crippen LogP contribution >= 0.6 is 24.0 Å². The molecule has 3 rings (SSSR count). The second-order valence-corrected chi connectivity index (χ2v) is 8.19. The lowest BCUT2D eigenvalue weighted by atomic mass is 9.85. The van der Waals surface area contributed by atoms with E-state index in [0.717, 1.165) is 57.0 Å². The Bertz CT molecular complexity index is 695. The molecule has 1 aromatic rings. The summed E-state index contributed by atoms with van der Waals surface area (Å²) in [4.78, 5) is 16.8. The fraction of sp³-hybridized carbons (Fsp3) is 0.636. The lowest BCUT2D eigenvalue weighted by molar-refractivity contribution is -0.126. The van der Waals surface area contributed by atoms with Crippen molar-refractivity contribution >= 4 is 35.8 Å². The summed E-state index contributed by atoms with van der Waals surface area (Å²) in [5.41, 5.74) is 1.26. The Morgan fingerprint density at radius 2 is 2.03 bits per heavy atom. The molecule has 1 aliphatic carbocycles. The smallest absolute Gasteiger partial charge is 0.223 e. The zero-order valence-electron chi connectivity index (χ0n) is 17.7. The van der Waals surface area contributed by atoms with Gasteiger partial charge < -0.3 is 20.7 Å². The lowest BCUT2D eigenvalue weighted by Crippen LogP contribution is -2.48. The van der Waals surface area contributed by atoms with E-state index in [4.69, 9.17) is 4.74 Å². The number of hydrogen-bond acceptors (Lipinski definition) is 3. The number of halogens is 1. The van der Waals surface area contributed by atoms with Crippen LogP contribution in [0.3, 0.4) is 0 Å². The van der Waals surface area contributed by atoms with Gasteiger partial charge in [0.1, 0.15) is 5.75 Å². The number of aliphatic imine (C=N–C) groups is 1. The van der Waals surface area contributed by atoms with Crippen LogP contribution in [0.15, 0.2) is 29.3 Å². The molecular formula is C22H35IN4O2. The molecule has 0 saturated heterocycles. The summed E-state index contributed by atoms with van der Waals surface area (Å²) in [6.45, 7) is 5.60. The van der Waals surface area contributed by atoms with Crippen molar-refractivity contribution < 1.29 is 9.53 Å². The van der Waals surface area contributed by atoms with Crippen molar-refractivity contribution in [1.29, 1.82) is 0 Å². The maximum absolute atomic E-state index is 12.4. The van der Waals surface area contributed by atoms with Gasteiger partial charge in [-0.25, -0.2) is 0 Å². The Labute approximate surface area is 191 Å². The molecule has 1 fully saturated rings. The van der Waals surface area contributed by atoms with Crippen molar-refractivity contribution in [2.45, 2.75) is 64.0 Å². The number of carbonyl (C=O) groups excluding carboxylic acids is 1. The largest absolute Gasteiger partial charge is 0.493 e. The fourth-order valence-corrected chi connectivity index (χ4v) is 4.20. The quantitative estimate of drug-likeness (QED) is 0.320. The molecule has 1 amide bonds. The SMILES string of the molecule is CN=C(NCC1CCOc2ccccc21)NC1CCCC(C(=O)NC(C)C)C1.I. The minimum atomic E-state index is 0. The van der Waals surface area contributed by atoms with Gasteiger partial charge in [0.2, 0.25) is 5.91 Å². The van der Waals surface area contributed by atoms with E-state index >= 15 is 0 Å². The summed E-state index contributed by atoms with van der Waals surface area (Å²) in [5, 5.41) is 10.1. The third-order valence-corrected chi connectivity index (χ3v) is 5.64. The number of guanidine groups is 1. The molecule has 7 heteroatoms. The molecule has 2 aliphatic rings. The zero-order valence-corrected chi connectivity index (χ0v) is 20.1. The first-order chi connectivity index (χ1) is 13.6. The molecule has 3 N–H and O–H groups in total. The van der Waals surface area contributed by atoms with Crippen LogP contribution in [0.4, 0.5) is 0 Å². The average molecular weight is 514 g/mol. The molecule has 3 atom stereocenters. The first-order valence-electron chi connectivity index (χ1n) is 10.6. The summed E-state index contributed by atoms with van der Waals surface area (Å²) >= 11 is 0. The maximum Gasteiger partial charge on any atom is 0.223 e. The predicted octanol–water partition coefficient (Wildman–Crippen LogP) is 3.42. The van der Waals surface area contributed by atoms with E-state index in [9.17, 15) is 4.79 Å². The highest BCUT2D eigenvalue weighted by molar-refractivity contribution is 14.0. The van der Waals surface area contributed by atoms with Crippen LogP contribution in [-0.2, 0) is 4.79 Å². The van der Waals surface area contributed by atoms with Gasteiger partial charge in [0.15, 0.2) is 5.96 Å². The number of nitrogens with one attached hydrogen (secondary N) is 3. The van der Waals surface area contributed by atoms with Gasteiger partial charge in [0.05, 0.1) is 6.61 Å². The molecule has 1 saturated carbocycles. The van der Waals surface area contributed by atoms with Crippen LogP contribution in [-0.4, -0.2) is 44.1 Å². The van der Waals surface area contributed by atoms with Crippen LogP contribution in [0.5, 0.6) is 5.75 Å². The molecule has 1 aromatic carbocycles. The molecule has 3 unspecified atom stereocenters. The van der Waals surface area contributed by atoms with Crippen molar-refractivity contribution in [3.8, 4) is 5.75 Å². The number of benzene rings is 1. The summed E-state index contributed by atoms with van der Waals surface area (Å²) in [6, 6.07) is 8.75. The molecule has 1 aliphatic heterocycles. The van der Waals surface area contributed by atoms with Crippen molar-refractivity contribution in [2.75, 3.05) is 20.2 Å². The van der Waals surface area contributed by atoms with Crippen LogP contribution in [0.25, 0.3) is 0 Å². The Morgan fingerprint density at radius 3 is 2.79 bits per heavy atom. The van der Waals surface area contributed by atoms with Gasteiger partial charge in [-0.1, -0.05) is 24.6 Å². The Hall–Kier alpha value is -1.51. The average Bonchev–Trinajstić information content (AvgIpc) is 2.70. The van der Waals surface area contributed by atoms with Crippen molar-refractivity contribution in [2.24, 2.45) is 10.9 Å². The monoisotopic (exact) mass is 514 g/mol. The lowest BCUT2D eigenvalue weighted by Gasteiger charge is -2.31. The van der Waals surface area contributed by atoms with E-state index < -0.39 is 0 Å². The van der Waals surface area contributed by atoms with Crippen LogP contribution in [0.2, 0.25) is 0 Å². The molecule has 29 heavy (non-hydrogen) atoms. The van der Waals surface area contributed by atoms with E-state index in [2.05, 4.69) is 33.1 Å². The number of carbonyl (C=O) groups is 1. The highest BCUT2D eigenvalue weighted by atomic mass is 127. The highest BCUT2D eigenvalue weighted by Crippen LogP contribution is 2.32. The summed E-state index contributed by atoms with van der Waals surface area (Å²) in [5.74, 6) is 2.51. The van der Waals surface area contributed by atoms with Gasteiger partial charge in [0, 0.05) is 37.5 Å². The Kier molecular flexibility index (Phi) is 9.52. The van der Waals surface area contributed by atoms with Gasteiger partial charge in [0.25, 0.3) is 0 Å². The van der Waals surface area contributed by atoms with E-state index in [1.54, 1.807) is 7.05 Å². The van der Waals surface area contributed by atoms with E-state index in [1.807, 2.05) is 26.0 Å². The molecular weight excluding hydrogens is 479 g/mol. The number of rotatable bonds is 5. The number of nitrogens with zero attached hydrogens (tertiary/aromatic N) is 1. The van der Waals surface area contributed by atoms with Crippen LogP contribution in [0, 0.1) is 5.92 Å². The normalized spacial score (nSPS) is 24.0. The van der Waals surface area contributed by atoms with Crippen LogP contribution in [0.1, 0.15) is 57.4 Å². The molecule has 0 radical (unpaired) electrons. The molecule has 162 valence electrons. The second-order valence-electron chi connectivity index (χ2n) is 8.19. The number of para-hydroxylation sites is 1. The minimum absolute atomic E-state index is 0. The molecule has 0 bridgehead atoms. The van der Waals surface area contributed by atoms with Crippen molar-refractivity contribution in [1.82, 2.24) is 16.0 Å². The summed E-state index contributed by atoms with van der Waals surface area (Å²) < 4.78 is 5.76. The topological polar surface area (TPSA) is 74.8 Å². The Balaban J connectivity index is 0.00000300. The van der Waals surface area contributed by atoms with E-state index in [-0.39, 0.29) is 47.9 Å². The van der Waals surface area contributed by atoms with Crippen molar-refractivity contribution in [3.05, 3.63) is 29.8 Å². The third-order valence-electron chi connectivity index (χ3n) is 5.64. The highest BCUT2D eigenvalue weighted by Gasteiger charge is 2.28. The third kappa shape index (κ3) is 6.76. The number of amides is 1. The minimum Gasteiger partial charge on any atom is -0.493 e. The number of fused-ring (bicyclic) bond motifs is 1. The van der Waals surface area contributed by atoms with Gasteiger partial charge >= 0.3 is 0 Å². The molecule has 0 spiro atoms.